The minimum Gasteiger partial charge on any atom is -0.388 e. The highest BCUT2D eigenvalue weighted by Gasteiger charge is 2.47. The summed E-state index contributed by atoms with van der Waals surface area (Å²) in [7, 11) is 1.86. The Morgan fingerprint density at radius 1 is 1.43 bits per heavy atom. The Morgan fingerprint density at radius 3 is 2.96 bits per heavy atom. The number of aromatic amines is 1. The minimum atomic E-state index is -0.682. The number of aliphatic hydroxyl groups is 1. The van der Waals surface area contributed by atoms with Crippen LogP contribution in [0.1, 0.15) is 36.0 Å². The molecule has 0 bridgehead atoms. The number of carbonyl (C=O) groups excluding carboxylic acids is 1. The van der Waals surface area contributed by atoms with E-state index >= 15 is 0 Å². The third-order valence-corrected chi connectivity index (χ3v) is 5.12. The quantitative estimate of drug-likeness (QED) is 0.907. The molecule has 1 atom stereocenters. The molecule has 2 aromatic rings. The average Bonchev–Trinajstić information content (AvgIpc) is 3.15. The van der Waals surface area contributed by atoms with Crippen LogP contribution < -0.4 is 0 Å². The normalized spacial score (nSPS) is 24.9. The van der Waals surface area contributed by atoms with E-state index in [1.165, 1.54) is 0 Å². The first-order valence-corrected chi connectivity index (χ1v) is 8.24. The SMILES string of the molecule is Cn1cc(-c2c[nH]cc2C(=O)N2CCCC(O)(C3CC3)C2)cn1. The molecule has 2 aliphatic rings. The number of nitrogens with zero attached hydrogens (tertiary/aromatic N) is 3. The van der Waals surface area contributed by atoms with Crippen molar-refractivity contribution in [2.24, 2.45) is 13.0 Å². The van der Waals surface area contributed by atoms with Crippen molar-refractivity contribution < 1.29 is 9.90 Å². The summed E-state index contributed by atoms with van der Waals surface area (Å²) >= 11 is 0. The maximum absolute atomic E-state index is 13.0. The smallest absolute Gasteiger partial charge is 0.256 e. The number of piperidine rings is 1. The first-order valence-electron chi connectivity index (χ1n) is 8.24. The molecule has 6 heteroatoms. The van der Waals surface area contributed by atoms with E-state index in [2.05, 4.69) is 10.1 Å². The molecule has 1 unspecified atom stereocenters. The number of likely N-dealkylation sites (tertiary alicyclic amines) is 1. The molecule has 2 aromatic heterocycles. The Morgan fingerprint density at radius 2 is 2.26 bits per heavy atom. The lowest BCUT2D eigenvalue weighted by Gasteiger charge is -2.39. The van der Waals surface area contributed by atoms with E-state index in [0.29, 0.717) is 24.6 Å². The molecule has 1 amide bonds. The molecule has 6 nitrogen and oxygen atoms in total. The maximum atomic E-state index is 13.0. The van der Waals surface area contributed by atoms with E-state index in [1.54, 1.807) is 17.1 Å². The molecule has 0 radical (unpaired) electrons. The van der Waals surface area contributed by atoms with E-state index in [4.69, 9.17) is 0 Å². The Bertz CT molecular complexity index is 731. The summed E-state index contributed by atoms with van der Waals surface area (Å²) in [5.41, 5.74) is 1.76. The van der Waals surface area contributed by atoms with Gasteiger partial charge in [0.1, 0.15) is 0 Å². The number of aryl methyl sites for hydroxylation is 1. The fraction of sp³-hybridized carbons (Fsp3) is 0.529. The van der Waals surface area contributed by atoms with Gasteiger partial charge in [0.05, 0.1) is 17.4 Å². The number of H-pyrrole nitrogens is 1. The number of nitrogens with one attached hydrogen (secondary N) is 1. The van der Waals surface area contributed by atoms with Gasteiger partial charge in [0.2, 0.25) is 0 Å². The second-order valence-corrected chi connectivity index (χ2v) is 6.89. The highest BCUT2D eigenvalue weighted by molar-refractivity contribution is 6.00. The van der Waals surface area contributed by atoms with Gasteiger partial charge in [-0.15, -0.1) is 0 Å². The summed E-state index contributed by atoms with van der Waals surface area (Å²) in [6, 6.07) is 0. The molecule has 1 saturated carbocycles. The molecule has 0 aromatic carbocycles. The molecule has 0 spiro atoms. The largest absolute Gasteiger partial charge is 0.388 e. The van der Waals surface area contributed by atoms with Gasteiger partial charge in [-0.3, -0.25) is 9.48 Å². The van der Waals surface area contributed by atoms with Gasteiger partial charge in [-0.1, -0.05) is 0 Å². The van der Waals surface area contributed by atoms with Crippen LogP contribution in [0.2, 0.25) is 0 Å². The third kappa shape index (κ3) is 2.57. The first-order chi connectivity index (χ1) is 11.1. The highest BCUT2D eigenvalue weighted by atomic mass is 16.3. The molecular formula is C17H22N4O2. The van der Waals surface area contributed by atoms with Crippen LogP contribution in [0.5, 0.6) is 0 Å². The summed E-state index contributed by atoms with van der Waals surface area (Å²) in [4.78, 5) is 17.8. The molecule has 2 fully saturated rings. The van der Waals surface area contributed by atoms with Crippen molar-refractivity contribution in [1.82, 2.24) is 19.7 Å². The van der Waals surface area contributed by atoms with Crippen LogP contribution in [0.15, 0.2) is 24.8 Å². The highest BCUT2D eigenvalue weighted by Crippen LogP contribution is 2.44. The molecule has 2 N–H and O–H groups in total. The van der Waals surface area contributed by atoms with Crippen molar-refractivity contribution in [3.8, 4) is 11.1 Å². The summed E-state index contributed by atoms with van der Waals surface area (Å²) < 4.78 is 1.73. The fourth-order valence-corrected chi connectivity index (χ4v) is 3.70. The average molecular weight is 314 g/mol. The predicted octanol–water partition coefficient (Wildman–Crippen LogP) is 1.79. The maximum Gasteiger partial charge on any atom is 0.256 e. The monoisotopic (exact) mass is 314 g/mol. The van der Waals surface area contributed by atoms with Crippen LogP contribution in [0, 0.1) is 5.92 Å². The number of rotatable bonds is 3. The Labute approximate surface area is 135 Å². The van der Waals surface area contributed by atoms with Crippen molar-refractivity contribution in [2.45, 2.75) is 31.3 Å². The van der Waals surface area contributed by atoms with Gasteiger partial charge in [0.15, 0.2) is 0 Å². The van der Waals surface area contributed by atoms with Gasteiger partial charge in [-0.05, 0) is 31.6 Å². The summed E-state index contributed by atoms with van der Waals surface area (Å²) in [6.45, 7) is 1.17. The molecule has 23 heavy (non-hydrogen) atoms. The molecular weight excluding hydrogens is 292 g/mol. The third-order valence-electron chi connectivity index (χ3n) is 5.12. The molecule has 1 aliphatic heterocycles. The van der Waals surface area contributed by atoms with Crippen molar-refractivity contribution >= 4 is 5.91 Å². The molecule has 1 aliphatic carbocycles. The van der Waals surface area contributed by atoms with Crippen molar-refractivity contribution in [3.63, 3.8) is 0 Å². The minimum absolute atomic E-state index is 0.0103. The van der Waals surface area contributed by atoms with Gasteiger partial charge < -0.3 is 15.0 Å². The zero-order valence-electron chi connectivity index (χ0n) is 13.3. The number of aromatic nitrogens is 3. The first kappa shape index (κ1) is 14.5. The van der Waals surface area contributed by atoms with Crippen LogP contribution in [0.25, 0.3) is 11.1 Å². The number of hydrogen-bond acceptors (Lipinski definition) is 3. The van der Waals surface area contributed by atoms with E-state index in [9.17, 15) is 9.90 Å². The van der Waals surface area contributed by atoms with Gasteiger partial charge >= 0.3 is 0 Å². The van der Waals surface area contributed by atoms with E-state index in [1.807, 2.05) is 24.3 Å². The van der Waals surface area contributed by atoms with E-state index in [-0.39, 0.29) is 5.91 Å². The zero-order valence-corrected chi connectivity index (χ0v) is 13.3. The van der Waals surface area contributed by atoms with Gasteiger partial charge in [-0.25, -0.2) is 0 Å². The number of β-amino-alcohol motifs (C(OH)–C–C–N with tert-alkyl or cyclic N) is 1. The summed E-state index contributed by atoms with van der Waals surface area (Å²) in [5, 5.41) is 15.0. The van der Waals surface area contributed by atoms with Crippen molar-refractivity contribution in [1.29, 1.82) is 0 Å². The second-order valence-electron chi connectivity index (χ2n) is 6.89. The molecule has 3 heterocycles. The van der Waals surface area contributed by atoms with Crippen LogP contribution in [-0.2, 0) is 7.05 Å². The fourth-order valence-electron chi connectivity index (χ4n) is 3.70. The summed E-state index contributed by atoms with van der Waals surface area (Å²) in [6.07, 6.45) is 11.1. The number of hydrogen-bond donors (Lipinski definition) is 2. The standard InChI is InChI=1S/C17H22N4O2/c1-20-10-12(7-19-20)14-8-18-9-15(14)16(22)21-6-2-5-17(23,11-21)13-3-4-13/h7-10,13,18,23H,2-6,11H2,1H3. The van der Waals surface area contributed by atoms with Crippen LogP contribution in [-0.4, -0.2) is 49.4 Å². The van der Waals surface area contributed by atoms with Crippen molar-refractivity contribution in [3.05, 3.63) is 30.4 Å². The predicted molar refractivity (Wildman–Crippen MR) is 85.8 cm³/mol. The lowest BCUT2D eigenvalue weighted by atomic mass is 9.87. The second kappa shape index (κ2) is 5.23. The van der Waals surface area contributed by atoms with Gasteiger partial charge in [0, 0.05) is 49.9 Å². The molecule has 1 saturated heterocycles. The molecule has 4 rings (SSSR count). The van der Waals surface area contributed by atoms with Crippen molar-refractivity contribution in [2.75, 3.05) is 13.1 Å². The number of amides is 1. The van der Waals surface area contributed by atoms with Gasteiger partial charge in [-0.2, -0.15) is 5.10 Å². The van der Waals surface area contributed by atoms with Crippen LogP contribution in [0.3, 0.4) is 0 Å². The Hall–Kier alpha value is -2.08. The lowest BCUT2D eigenvalue weighted by Crippen LogP contribution is -2.51. The molecule has 122 valence electrons. The Kier molecular flexibility index (Phi) is 3.30. The summed E-state index contributed by atoms with van der Waals surface area (Å²) in [5.74, 6) is 0.367. The number of carbonyl (C=O) groups is 1. The van der Waals surface area contributed by atoms with E-state index < -0.39 is 5.60 Å². The van der Waals surface area contributed by atoms with E-state index in [0.717, 1.165) is 36.8 Å². The van der Waals surface area contributed by atoms with Crippen LogP contribution in [0.4, 0.5) is 0 Å². The lowest BCUT2D eigenvalue weighted by molar-refractivity contribution is -0.0407. The van der Waals surface area contributed by atoms with Crippen LogP contribution >= 0.6 is 0 Å². The van der Waals surface area contributed by atoms with Gasteiger partial charge in [0.25, 0.3) is 5.91 Å². The topological polar surface area (TPSA) is 74.2 Å². The zero-order chi connectivity index (χ0) is 16.0. The Balaban J connectivity index is 1.59.